The number of nitrogens with one attached hydrogen (secondary N) is 1. The second-order valence-electron chi connectivity index (χ2n) is 9.34. The number of methoxy groups -OCH3 is 1. The summed E-state index contributed by atoms with van der Waals surface area (Å²) >= 11 is 0. The van der Waals surface area contributed by atoms with Gasteiger partial charge in [0, 0.05) is 37.3 Å². The SMILES string of the molecule is COc1ccccc1-c1cnn2ccc(NC[C@@H]3CCCN3C(=O)CC(C)(C)C)nc12. The third-order valence-electron chi connectivity index (χ3n) is 5.66. The molecule has 0 saturated carbocycles. The molecule has 4 rings (SSSR count). The normalized spacial score (nSPS) is 16.6. The van der Waals surface area contributed by atoms with Crippen molar-refractivity contribution in [1.82, 2.24) is 19.5 Å². The van der Waals surface area contributed by atoms with E-state index in [0.717, 1.165) is 47.7 Å². The van der Waals surface area contributed by atoms with Crippen molar-refractivity contribution in [2.75, 3.05) is 25.5 Å². The fourth-order valence-corrected chi connectivity index (χ4v) is 4.18. The molecule has 1 N–H and O–H groups in total. The number of amides is 1. The molecule has 2 aromatic heterocycles. The number of hydrogen-bond donors (Lipinski definition) is 1. The van der Waals surface area contributed by atoms with Crippen molar-refractivity contribution < 1.29 is 9.53 Å². The first-order valence-electron chi connectivity index (χ1n) is 10.9. The van der Waals surface area contributed by atoms with E-state index in [-0.39, 0.29) is 17.4 Å². The third-order valence-corrected chi connectivity index (χ3v) is 5.66. The Morgan fingerprint density at radius 1 is 1.23 bits per heavy atom. The zero-order chi connectivity index (χ0) is 22.0. The minimum absolute atomic E-state index is 0.00114. The van der Waals surface area contributed by atoms with E-state index in [1.165, 1.54) is 0 Å². The van der Waals surface area contributed by atoms with Gasteiger partial charge in [0.15, 0.2) is 5.65 Å². The molecule has 0 bridgehead atoms. The molecule has 1 saturated heterocycles. The molecule has 1 atom stereocenters. The highest BCUT2D eigenvalue weighted by molar-refractivity contribution is 5.81. The molecule has 164 valence electrons. The largest absolute Gasteiger partial charge is 0.496 e. The van der Waals surface area contributed by atoms with Crippen LogP contribution < -0.4 is 10.1 Å². The first-order chi connectivity index (χ1) is 14.9. The Bertz CT molecular complexity index is 1070. The highest BCUT2D eigenvalue weighted by atomic mass is 16.5. The quantitative estimate of drug-likeness (QED) is 0.644. The summed E-state index contributed by atoms with van der Waals surface area (Å²) in [6.07, 6.45) is 6.36. The van der Waals surface area contributed by atoms with Crippen LogP contribution in [-0.4, -0.2) is 51.6 Å². The minimum Gasteiger partial charge on any atom is -0.496 e. The van der Waals surface area contributed by atoms with E-state index >= 15 is 0 Å². The molecule has 7 nitrogen and oxygen atoms in total. The topological polar surface area (TPSA) is 71.8 Å². The number of carbonyl (C=O) groups is 1. The number of nitrogens with zero attached hydrogens (tertiary/aromatic N) is 4. The molecule has 3 heterocycles. The van der Waals surface area contributed by atoms with Gasteiger partial charge in [0.2, 0.25) is 5.91 Å². The van der Waals surface area contributed by atoms with Gasteiger partial charge in [-0.3, -0.25) is 4.79 Å². The van der Waals surface area contributed by atoms with Crippen molar-refractivity contribution in [3.63, 3.8) is 0 Å². The van der Waals surface area contributed by atoms with Gasteiger partial charge in [-0.05, 0) is 30.4 Å². The average Bonchev–Trinajstić information content (AvgIpc) is 3.37. The van der Waals surface area contributed by atoms with Crippen molar-refractivity contribution in [3.05, 3.63) is 42.7 Å². The lowest BCUT2D eigenvalue weighted by atomic mass is 9.91. The second-order valence-corrected chi connectivity index (χ2v) is 9.34. The van der Waals surface area contributed by atoms with E-state index in [1.54, 1.807) is 11.6 Å². The maximum atomic E-state index is 12.7. The number of likely N-dealkylation sites (tertiary alicyclic amines) is 1. The molecule has 7 heteroatoms. The van der Waals surface area contributed by atoms with Crippen molar-refractivity contribution >= 4 is 17.4 Å². The number of carbonyl (C=O) groups excluding carboxylic acids is 1. The summed E-state index contributed by atoms with van der Waals surface area (Å²) in [5.74, 6) is 1.81. The summed E-state index contributed by atoms with van der Waals surface area (Å²) in [6, 6.07) is 9.99. The number of anilines is 1. The molecule has 1 aromatic carbocycles. The molecule has 1 fully saturated rings. The molecule has 0 unspecified atom stereocenters. The van der Waals surface area contributed by atoms with Crippen LogP contribution in [-0.2, 0) is 4.79 Å². The minimum atomic E-state index is 0.00114. The van der Waals surface area contributed by atoms with Gasteiger partial charge in [-0.15, -0.1) is 0 Å². The summed E-state index contributed by atoms with van der Waals surface area (Å²) in [5, 5.41) is 7.88. The zero-order valence-corrected chi connectivity index (χ0v) is 18.8. The van der Waals surface area contributed by atoms with E-state index < -0.39 is 0 Å². The van der Waals surface area contributed by atoms with E-state index in [0.29, 0.717) is 13.0 Å². The fraction of sp³-hybridized carbons (Fsp3) is 0.458. The van der Waals surface area contributed by atoms with Crippen LogP contribution in [0.25, 0.3) is 16.8 Å². The molecule has 31 heavy (non-hydrogen) atoms. The van der Waals surface area contributed by atoms with Crippen LogP contribution in [0.2, 0.25) is 0 Å². The van der Waals surface area contributed by atoms with Crippen molar-refractivity contribution in [2.24, 2.45) is 5.41 Å². The Balaban J connectivity index is 1.51. The van der Waals surface area contributed by atoms with Crippen molar-refractivity contribution in [1.29, 1.82) is 0 Å². The first-order valence-corrected chi connectivity index (χ1v) is 10.9. The van der Waals surface area contributed by atoms with E-state index in [1.807, 2.05) is 47.6 Å². The Morgan fingerprint density at radius 2 is 2.03 bits per heavy atom. The number of ether oxygens (including phenoxy) is 1. The molecular weight excluding hydrogens is 390 g/mol. The summed E-state index contributed by atoms with van der Waals surface area (Å²) in [4.78, 5) is 19.6. The number of para-hydroxylation sites is 1. The van der Waals surface area contributed by atoms with Crippen molar-refractivity contribution in [3.8, 4) is 16.9 Å². The lowest BCUT2D eigenvalue weighted by Crippen LogP contribution is -2.41. The lowest BCUT2D eigenvalue weighted by molar-refractivity contribution is -0.133. The van der Waals surface area contributed by atoms with Gasteiger partial charge in [0.25, 0.3) is 0 Å². The highest BCUT2D eigenvalue weighted by Gasteiger charge is 2.30. The van der Waals surface area contributed by atoms with E-state index in [4.69, 9.17) is 9.72 Å². The van der Waals surface area contributed by atoms with Crippen molar-refractivity contribution in [2.45, 2.75) is 46.1 Å². The molecule has 1 aliphatic heterocycles. The highest BCUT2D eigenvalue weighted by Crippen LogP contribution is 2.32. The summed E-state index contributed by atoms with van der Waals surface area (Å²) in [6.45, 7) is 7.86. The maximum Gasteiger partial charge on any atom is 0.223 e. The monoisotopic (exact) mass is 421 g/mol. The number of aromatic nitrogens is 3. The van der Waals surface area contributed by atoms with Crippen LogP contribution in [0.4, 0.5) is 5.82 Å². The summed E-state index contributed by atoms with van der Waals surface area (Å²) in [5.41, 5.74) is 2.64. The smallest absolute Gasteiger partial charge is 0.223 e. The average molecular weight is 422 g/mol. The third kappa shape index (κ3) is 4.65. The van der Waals surface area contributed by atoms with Gasteiger partial charge in [0.1, 0.15) is 11.6 Å². The fourth-order valence-electron chi connectivity index (χ4n) is 4.18. The molecule has 1 amide bonds. The van der Waals surface area contributed by atoms with Gasteiger partial charge >= 0.3 is 0 Å². The van der Waals surface area contributed by atoms with Gasteiger partial charge in [-0.2, -0.15) is 5.10 Å². The van der Waals surface area contributed by atoms with Crippen LogP contribution in [0.15, 0.2) is 42.7 Å². The standard InChI is InChI=1S/C24H31N5O2/c1-24(2,3)14-22(30)28-12-7-8-17(28)15-25-21-11-13-29-23(27-21)19(16-26-29)18-9-5-6-10-20(18)31-4/h5-6,9-11,13,16-17H,7-8,12,14-15H2,1-4H3,(H,25,27)/t17-/m0/s1. The van der Waals surface area contributed by atoms with Gasteiger partial charge in [0.05, 0.1) is 18.9 Å². The second kappa shape index (κ2) is 8.57. The number of fused-ring (bicyclic) bond motifs is 1. The molecule has 1 aliphatic rings. The van der Waals surface area contributed by atoms with Gasteiger partial charge in [-0.25, -0.2) is 9.50 Å². The van der Waals surface area contributed by atoms with Crippen LogP contribution in [0.1, 0.15) is 40.0 Å². The number of hydrogen-bond acceptors (Lipinski definition) is 5. The molecule has 0 aliphatic carbocycles. The van der Waals surface area contributed by atoms with Crippen LogP contribution in [0.3, 0.4) is 0 Å². The van der Waals surface area contributed by atoms with Gasteiger partial charge < -0.3 is 15.0 Å². The maximum absolute atomic E-state index is 12.7. The summed E-state index contributed by atoms with van der Waals surface area (Å²) < 4.78 is 7.28. The molecule has 0 spiro atoms. The predicted octanol–water partition coefficient (Wildman–Crippen LogP) is 4.24. The Kier molecular flexibility index (Phi) is 5.85. The Hall–Kier alpha value is -3.09. The molecular formula is C24H31N5O2. The Labute approximate surface area is 183 Å². The van der Waals surface area contributed by atoms with Gasteiger partial charge in [-0.1, -0.05) is 39.0 Å². The van der Waals surface area contributed by atoms with Crippen LogP contribution in [0.5, 0.6) is 5.75 Å². The lowest BCUT2D eigenvalue weighted by Gasteiger charge is -2.28. The van der Waals surface area contributed by atoms with Crippen LogP contribution >= 0.6 is 0 Å². The zero-order valence-electron chi connectivity index (χ0n) is 18.8. The predicted molar refractivity (Wildman–Crippen MR) is 122 cm³/mol. The Morgan fingerprint density at radius 3 is 2.81 bits per heavy atom. The van der Waals surface area contributed by atoms with E-state index in [9.17, 15) is 4.79 Å². The van der Waals surface area contributed by atoms with E-state index in [2.05, 4.69) is 31.2 Å². The van der Waals surface area contributed by atoms with Crippen LogP contribution in [0, 0.1) is 5.41 Å². The summed E-state index contributed by atoms with van der Waals surface area (Å²) in [7, 11) is 1.67. The first kappa shape index (κ1) is 21.2. The molecule has 3 aromatic rings. The molecule has 0 radical (unpaired) electrons. The number of rotatable bonds is 6. The number of benzene rings is 1.